The van der Waals surface area contributed by atoms with Gasteiger partial charge in [0.1, 0.15) is 6.04 Å². The molecular weight excluding hydrogens is 183 g/mol. The van der Waals surface area contributed by atoms with Gasteiger partial charge in [-0.2, -0.15) is 0 Å². The Hall–Kier alpha value is -0.550. The zero-order chi connectivity index (χ0) is 9.98. The van der Waals surface area contributed by atoms with Gasteiger partial charge in [-0.1, -0.05) is 0 Å². The zero-order valence-electron chi connectivity index (χ0n) is 6.80. The van der Waals surface area contributed by atoms with Gasteiger partial charge in [-0.25, -0.2) is 4.57 Å². The minimum Gasteiger partial charge on any atom is -0.480 e. The van der Waals surface area contributed by atoms with Gasteiger partial charge in [0.2, 0.25) is 0 Å². The molecular formula is C5H14N2O4P+. The molecule has 1 unspecified atom stereocenters. The van der Waals surface area contributed by atoms with Gasteiger partial charge in [0.25, 0.3) is 0 Å². The second kappa shape index (κ2) is 10.4. The van der Waals surface area contributed by atoms with E-state index in [0.717, 1.165) is 6.54 Å². The third-order valence-corrected chi connectivity index (χ3v) is 1.08. The van der Waals surface area contributed by atoms with Crippen molar-refractivity contribution in [3.63, 3.8) is 0 Å². The van der Waals surface area contributed by atoms with E-state index in [9.17, 15) is 4.79 Å². The molecule has 0 aromatic heterocycles. The van der Waals surface area contributed by atoms with Gasteiger partial charge in [-0.15, -0.1) is 0 Å². The second-order valence-corrected chi connectivity index (χ2v) is 2.18. The Labute approximate surface area is 72.1 Å². The standard InChI is InChI=1S/C5H12N2O2.HO2P/c1-7-3-2-4(6)5(8)9;1-3-2/h4,7H,2-3,6H2,1H3,(H,8,9);(H,1,2)/p+1. The third-order valence-electron chi connectivity index (χ3n) is 1.08. The van der Waals surface area contributed by atoms with Crippen molar-refractivity contribution in [2.24, 2.45) is 5.73 Å². The van der Waals surface area contributed by atoms with Crippen molar-refractivity contribution in [2.75, 3.05) is 13.6 Å². The number of nitrogens with two attached hydrogens (primary N) is 2. The van der Waals surface area contributed by atoms with Crippen LogP contribution in [0, 0.1) is 0 Å². The van der Waals surface area contributed by atoms with E-state index >= 15 is 0 Å². The predicted octanol–water partition coefficient (Wildman–Crippen LogP) is -1.83. The average molecular weight is 197 g/mol. The van der Waals surface area contributed by atoms with Crippen molar-refractivity contribution in [3.8, 4) is 0 Å². The number of aliphatic carboxylic acids is 1. The fraction of sp³-hybridized carbons (Fsp3) is 0.800. The van der Waals surface area contributed by atoms with Crippen molar-refractivity contribution in [3.05, 3.63) is 0 Å². The molecule has 0 fully saturated rings. The molecule has 0 rings (SSSR count). The predicted molar refractivity (Wildman–Crippen MR) is 42.8 cm³/mol. The lowest BCUT2D eigenvalue weighted by atomic mass is 10.2. The second-order valence-electron chi connectivity index (χ2n) is 2.01. The fourth-order valence-electron chi connectivity index (χ4n) is 0.470. The molecule has 0 aromatic rings. The molecule has 0 spiro atoms. The lowest BCUT2D eigenvalue weighted by Crippen LogP contribution is -2.80. The summed E-state index contributed by atoms with van der Waals surface area (Å²) in [6, 6.07) is -0.693. The first-order valence-electron chi connectivity index (χ1n) is 3.33. The molecule has 7 heteroatoms. The van der Waals surface area contributed by atoms with Gasteiger partial charge in [-0.3, -0.25) is 4.79 Å². The van der Waals surface area contributed by atoms with Gasteiger partial charge in [0, 0.05) is 6.42 Å². The van der Waals surface area contributed by atoms with E-state index in [1.807, 2.05) is 12.4 Å². The van der Waals surface area contributed by atoms with Crippen LogP contribution in [0.15, 0.2) is 0 Å². The molecule has 0 aliphatic heterocycles. The topological polar surface area (TPSA) is 117 Å². The van der Waals surface area contributed by atoms with Crippen LogP contribution >= 0.6 is 8.69 Å². The molecule has 6 nitrogen and oxygen atoms in total. The van der Waals surface area contributed by atoms with Gasteiger partial charge in [0.05, 0.1) is 13.6 Å². The SMILES string of the molecule is C[NH2+]CCC(N)C(=O)O.O=PO. The summed E-state index contributed by atoms with van der Waals surface area (Å²) in [5.74, 6) is -0.920. The van der Waals surface area contributed by atoms with Crippen LogP contribution < -0.4 is 11.1 Å². The number of carboxylic acids is 1. The molecule has 72 valence electrons. The van der Waals surface area contributed by atoms with E-state index in [0.29, 0.717) is 6.42 Å². The quantitative estimate of drug-likeness (QED) is 0.395. The Morgan fingerprint density at radius 1 is 1.75 bits per heavy atom. The monoisotopic (exact) mass is 197 g/mol. The van der Waals surface area contributed by atoms with Gasteiger partial charge in [-0.05, 0) is 0 Å². The summed E-state index contributed by atoms with van der Waals surface area (Å²) in [6.45, 7) is 0.771. The molecule has 1 atom stereocenters. The van der Waals surface area contributed by atoms with Crippen molar-refractivity contribution in [1.82, 2.24) is 0 Å². The first-order valence-corrected chi connectivity index (χ1v) is 4.09. The number of carboxylic acid groups (broad SMARTS) is 1. The van der Waals surface area contributed by atoms with Crippen LogP contribution in [-0.4, -0.2) is 35.6 Å². The smallest absolute Gasteiger partial charge is 0.324 e. The normalized spacial score (nSPS) is 11.6. The first kappa shape index (κ1) is 14.0. The molecule has 6 N–H and O–H groups in total. The van der Waals surface area contributed by atoms with Crippen LogP contribution in [0.4, 0.5) is 0 Å². The summed E-state index contributed by atoms with van der Waals surface area (Å²) >= 11 is 0. The molecule has 0 radical (unpaired) electrons. The van der Waals surface area contributed by atoms with Gasteiger partial charge in [0.15, 0.2) is 0 Å². The van der Waals surface area contributed by atoms with Crippen molar-refractivity contribution in [1.29, 1.82) is 0 Å². The van der Waals surface area contributed by atoms with Crippen LogP contribution in [0.25, 0.3) is 0 Å². The molecule has 0 heterocycles. The highest BCUT2D eigenvalue weighted by Crippen LogP contribution is 1.81. The minimum atomic E-state index is -0.920. The molecule has 0 amide bonds. The zero-order valence-corrected chi connectivity index (χ0v) is 7.70. The third kappa shape index (κ3) is 12.2. The van der Waals surface area contributed by atoms with Crippen LogP contribution in [0.1, 0.15) is 6.42 Å². The maximum Gasteiger partial charge on any atom is 0.324 e. The average Bonchev–Trinajstić information content (AvgIpc) is 2.01. The number of quaternary nitrogens is 1. The van der Waals surface area contributed by atoms with Crippen LogP contribution in [0.3, 0.4) is 0 Å². The summed E-state index contributed by atoms with van der Waals surface area (Å²) in [7, 11) is 1.05. The maximum absolute atomic E-state index is 10.1. The minimum absolute atomic E-state index is 0.534. The van der Waals surface area contributed by atoms with Gasteiger partial charge < -0.3 is 21.1 Å². The lowest BCUT2D eigenvalue weighted by Gasteiger charge is -2.01. The summed E-state index contributed by atoms with van der Waals surface area (Å²) in [5, 5.41) is 10.2. The molecule has 0 saturated carbocycles. The molecule has 0 aliphatic rings. The molecule has 0 saturated heterocycles. The summed E-state index contributed by atoms with van der Waals surface area (Å²) in [4.78, 5) is 17.1. The van der Waals surface area contributed by atoms with Crippen LogP contribution in [0.2, 0.25) is 0 Å². The van der Waals surface area contributed by atoms with Crippen molar-refractivity contribution < 1.29 is 24.7 Å². The van der Waals surface area contributed by atoms with Crippen LogP contribution in [-0.2, 0) is 9.36 Å². The maximum atomic E-state index is 10.1. The Bertz CT molecular complexity index is 133. The Morgan fingerprint density at radius 3 is 2.42 bits per heavy atom. The van der Waals surface area contributed by atoms with E-state index in [-0.39, 0.29) is 0 Å². The number of hydrogen-bond donors (Lipinski definition) is 4. The first-order chi connectivity index (χ1) is 5.59. The summed E-state index contributed by atoms with van der Waals surface area (Å²) in [6.07, 6.45) is 0.534. The number of rotatable bonds is 4. The highest BCUT2D eigenvalue weighted by molar-refractivity contribution is 7.16. The van der Waals surface area contributed by atoms with E-state index < -0.39 is 20.7 Å². The van der Waals surface area contributed by atoms with E-state index in [4.69, 9.17) is 20.3 Å². The highest BCUT2D eigenvalue weighted by atomic mass is 31.1. The molecule has 0 aromatic carbocycles. The Kier molecular flexibility index (Phi) is 12.2. The molecule has 0 aliphatic carbocycles. The van der Waals surface area contributed by atoms with E-state index in [1.54, 1.807) is 0 Å². The lowest BCUT2D eigenvalue weighted by molar-refractivity contribution is -0.627. The van der Waals surface area contributed by atoms with Crippen LogP contribution in [0.5, 0.6) is 0 Å². The Balaban J connectivity index is 0. The number of hydrogen-bond acceptors (Lipinski definition) is 3. The summed E-state index contributed by atoms with van der Waals surface area (Å²) in [5.41, 5.74) is 5.18. The van der Waals surface area contributed by atoms with Gasteiger partial charge >= 0.3 is 14.7 Å². The Morgan fingerprint density at radius 2 is 2.17 bits per heavy atom. The van der Waals surface area contributed by atoms with E-state index in [2.05, 4.69) is 0 Å². The largest absolute Gasteiger partial charge is 0.480 e. The molecule has 0 bridgehead atoms. The fourth-order valence-corrected chi connectivity index (χ4v) is 0.470. The van der Waals surface area contributed by atoms with Crippen molar-refractivity contribution in [2.45, 2.75) is 12.5 Å². The van der Waals surface area contributed by atoms with E-state index in [1.165, 1.54) is 0 Å². The highest BCUT2D eigenvalue weighted by Gasteiger charge is 2.10. The number of carbonyl (C=O) groups is 1. The van der Waals surface area contributed by atoms with Crippen molar-refractivity contribution >= 4 is 14.7 Å². The summed E-state index contributed by atoms with van der Waals surface area (Å²) < 4.78 is 8.46. The molecule has 12 heavy (non-hydrogen) atoms.